The van der Waals surface area contributed by atoms with Crippen LogP contribution in [0.3, 0.4) is 0 Å². The first-order chi connectivity index (χ1) is 13.9. The molecular weight excluding hydrogens is 414 g/mol. The van der Waals surface area contributed by atoms with Gasteiger partial charge in [-0.1, -0.05) is 6.07 Å². The fourth-order valence-corrected chi connectivity index (χ4v) is 3.66. The molecule has 4 nitrogen and oxygen atoms in total. The highest BCUT2D eigenvalue weighted by Crippen LogP contribution is 2.42. The number of aryl methyl sites for hydroxylation is 1. The number of hydrogen-bond acceptors (Lipinski definition) is 3. The second-order valence-corrected chi connectivity index (χ2v) is 7.15. The van der Waals surface area contributed by atoms with E-state index in [1.165, 1.54) is 6.07 Å². The van der Waals surface area contributed by atoms with Gasteiger partial charge in [-0.05, 0) is 55.7 Å². The molecule has 2 heterocycles. The summed E-state index contributed by atoms with van der Waals surface area (Å²) >= 11 is 0. The number of likely N-dealkylation sites (tertiary alicyclic amines) is 1. The zero-order valence-electron chi connectivity index (χ0n) is 15.8. The van der Waals surface area contributed by atoms with Gasteiger partial charge in [0.1, 0.15) is 5.69 Å². The van der Waals surface area contributed by atoms with Crippen LogP contribution in [0.15, 0.2) is 36.4 Å². The number of nitrogens with zero attached hydrogens (tertiary/aromatic N) is 2. The minimum atomic E-state index is -4.99. The molecule has 10 heteroatoms. The second kappa shape index (κ2) is 7.90. The van der Waals surface area contributed by atoms with Gasteiger partial charge in [-0.15, -0.1) is 0 Å². The lowest BCUT2D eigenvalue weighted by Crippen LogP contribution is -2.40. The fourth-order valence-electron chi connectivity index (χ4n) is 3.66. The highest BCUT2D eigenvalue weighted by atomic mass is 19.4. The predicted molar refractivity (Wildman–Crippen MR) is 94.4 cm³/mol. The maximum absolute atomic E-state index is 13.2. The Morgan fingerprint density at radius 3 is 2.17 bits per heavy atom. The summed E-state index contributed by atoms with van der Waals surface area (Å²) in [5.41, 5.74) is -2.64. The Morgan fingerprint density at radius 1 is 1.07 bits per heavy atom. The lowest BCUT2D eigenvalue weighted by Gasteiger charge is -2.30. The molecule has 1 aliphatic rings. The standard InChI is InChI=1S/C20H18F6N2O2/c1-11-3-2-4-16(27-11)18(30)28-15(10-29)5-6-17(28)12-7-13(19(21,22)23)9-14(8-12)20(24,25)26/h2-4,7-9,15,17,29H,5-6,10H2,1H3. The molecule has 0 spiro atoms. The van der Waals surface area contributed by atoms with Crippen molar-refractivity contribution in [3.63, 3.8) is 0 Å². The number of carbonyl (C=O) groups is 1. The molecule has 0 bridgehead atoms. The van der Waals surface area contributed by atoms with Crippen LogP contribution < -0.4 is 0 Å². The summed E-state index contributed by atoms with van der Waals surface area (Å²) in [6, 6.07) is 4.13. The molecule has 1 aliphatic heterocycles. The number of benzene rings is 1. The summed E-state index contributed by atoms with van der Waals surface area (Å²) in [4.78, 5) is 18.3. The first-order valence-electron chi connectivity index (χ1n) is 9.08. The summed E-state index contributed by atoms with van der Waals surface area (Å²) in [7, 11) is 0. The van der Waals surface area contributed by atoms with Crippen molar-refractivity contribution in [2.24, 2.45) is 0 Å². The van der Waals surface area contributed by atoms with Gasteiger partial charge in [0.15, 0.2) is 0 Å². The second-order valence-electron chi connectivity index (χ2n) is 7.15. The summed E-state index contributed by atoms with van der Waals surface area (Å²) in [6.07, 6.45) is -9.63. The number of hydrogen-bond donors (Lipinski definition) is 1. The van der Waals surface area contributed by atoms with Crippen LogP contribution in [0.1, 0.15) is 51.8 Å². The molecule has 0 aliphatic carbocycles. The lowest BCUT2D eigenvalue weighted by molar-refractivity contribution is -0.143. The number of amides is 1. The molecule has 1 saturated heterocycles. The van der Waals surface area contributed by atoms with E-state index < -0.39 is 48.1 Å². The Balaban J connectivity index is 2.09. The van der Waals surface area contributed by atoms with Gasteiger partial charge in [-0.2, -0.15) is 26.3 Å². The number of halogens is 6. The van der Waals surface area contributed by atoms with Crippen LogP contribution in [-0.4, -0.2) is 33.5 Å². The number of aliphatic hydroxyl groups excluding tert-OH is 1. The Kier molecular flexibility index (Phi) is 5.81. The van der Waals surface area contributed by atoms with E-state index in [0.29, 0.717) is 17.8 Å². The average Bonchev–Trinajstić information content (AvgIpc) is 3.09. The monoisotopic (exact) mass is 432 g/mol. The number of pyridine rings is 1. The summed E-state index contributed by atoms with van der Waals surface area (Å²) in [5, 5.41) is 9.64. The van der Waals surface area contributed by atoms with Crippen LogP contribution in [0.2, 0.25) is 0 Å². The molecule has 1 aromatic carbocycles. The maximum Gasteiger partial charge on any atom is 0.416 e. The van der Waals surface area contributed by atoms with E-state index in [9.17, 15) is 36.2 Å². The van der Waals surface area contributed by atoms with Crippen LogP contribution in [0, 0.1) is 6.92 Å². The third-order valence-electron chi connectivity index (χ3n) is 5.05. The highest BCUT2D eigenvalue weighted by molar-refractivity contribution is 5.93. The lowest BCUT2D eigenvalue weighted by atomic mass is 9.98. The molecule has 30 heavy (non-hydrogen) atoms. The number of carbonyl (C=O) groups excluding carboxylic acids is 1. The van der Waals surface area contributed by atoms with Gasteiger partial charge >= 0.3 is 12.4 Å². The number of aliphatic hydroxyl groups is 1. The van der Waals surface area contributed by atoms with Gasteiger partial charge in [0.05, 0.1) is 29.8 Å². The fraction of sp³-hybridized carbons (Fsp3) is 0.400. The SMILES string of the molecule is Cc1cccc(C(=O)N2C(CO)CCC2c2cc(C(F)(F)F)cc(C(F)(F)F)c2)n1. The summed E-state index contributed by atoms with van der Waals surface area (Å²) < 4.78 is 79.4. The molecule has 2 atom stereocenters. The van der Waals surface area contributed by atoms with E-state index in [2.05, 4.69) is 4.98 Å². The van der Waals surface area contributed by atoms with Crippen molar-refractivity contribution in [1.29, 1.82) is 0 Å². The maximum atomic E-state index is 13.2. The van der Waals surface area contributed by atoms with Crippen molar-refractivity contribution in [2.75, 3.05) is 6.61 Å². The minimum Gasteiger partial charge on any atom is -0.394 e. The van der Waals surface area contributed by atoms with Gasteiger partial charge in [0.25, 0.3) is 5.91 Å². The molecule has 1 fully saturated rings. The Hall–Kier alpha value is -2.62. The first-order valence-corrected chi connectivity index (χ1v) is 9.08. The molecule has 0 saturated carbocycles. The molecule has 2 aromatic rings. The molecule has 1 N–H and O–H groups in total. The molecule has 0 radical (unpaired) electrons. The van der Waals surface area contributed by atoms with Crippen LogP contribution in [0.25, 0.3) is 0 Å². The van der Waals surface area contributed by atoms with Gasteiger partial charge in [0.2, 0.25) is 0 Å². The number of alkyl halides is 6. The van der Waals surface area contributed by atoms with Crippen molar-refractivity contribution in [3.8, 4) is 0 Å². The summed E-state index contributed by atoms with van der Waals surface area (Å²) in [6.45, 7) is 1.17. The number of rotatable bonds is 3. The first kappa shape index (κ1) is 22.1. The number of aromatic nitrogens is 1. The molecule has 162 valence electrons. The van der Waals surface area contributed by atoms with E-state index in [1.807, 2.05) is 0 Å². The minimum absolute atomic E-state index is 0.00312. The third-order valence-corrected chi connectivity index (χ3v) is 5.05. The van der Waals surface area contributed by atoms with Crippen LogP contribution in [-0.2, 0) is 12.4 Å². The van der Waals surface area contributed by atoms with Crippen molar-refractivity contribution < 1.29 is 36.2 Å². The van der Waals surface area contributed by atoms with E-state index >= 15 is 0 Å². The van der Waals surface area contributed by atoms with Crippen LogP contribution in [0.4, 0.5) is 26.3 Å². The van der Waals surface area contributed by atoms with Gasteiger partial charge < -0.3 is 10.0 Å². The zero-order valence-corrected chi connectivity index (χ0v) is 15.8. The Labute approximate surface area is 168 Å². The quantitative estimate of drug-likeness (QED) is 0.712. The van der Waals surface area contributed by atoms with Gasteiger partial charge in [-0.3, -0.25) is 4.79 Å². The smallest absolute Gasteiger partial charge is 0.394 e. The van der Waals surface area contributed by atoms with Crippen LogP contribution in [0.5, 0.6) is 0 Å². The zero-order chi connectivity index (χ0) is 22.3. The Bertz CT molecular complexity index is 909. The van der Waals surface area contributed by atoms with Crippen LogP contribution >= 0.6 is 0 Å². The van der Waals surface area contributed by atoms with E-state index in [0.717, 1.165) is 4.90 Å². The van der Waals surface area contributed by atoms with Gasteiger partial charge in [-0.25, -0.2) is 4.98 Å². The van der Waals surface area contributed by atoms with Crippen molar-refractivity contribution in [2.45, 2.75) is 44.2 Å². The molecule has 1 amide bonds. The molecule has 2 unspecified atom stereocenters. The molecule has 3 rings (SSSR count). The van der Waals surface area contributed by atoms with Gasteiger partial charge in [0, 0.05) is 5.69 Å². The van der Waals surface area contributed by atoms with E-state index in [1.54, 1.807) is 19.1 Å². The summed E-state index contributed by atoms with van der Waals surface area (Å²) in [5.74, 6) is -0.661. The van der Waals surface area contributed by atoms with E-state index in [-0.39, 0.29) is 30.2 Å². The highest BCUT2D eigenvalue weighted by Gasteiger charge is 2.42. The van der Waals surface area contributed by atoms with Crippen molar-refractivity contribution in [1.82, 2.24) is 9.88 Å². The predicted octanol–water partition coefficient (Wildman–Crippen LogP) is 4.77. The third kappa shape index (κ3) is 4.43. The molecule has 1 aromatic heterocycles. The average molecular weight is 432 g/mol. The van der Waals surface area contributed by atoms with Crippen molar-refractivity contribution in [3.05, 3.63) is 64.5 Å². The normalized spacial score (nSPS) is 19.9. The van der Waals surface area contributed by atoms with Crippen molar-refractivity contribution >= 4 is 5.91 Å². The molecular formula is C20H18F6N2O2. The largest absolute Gasteiger partial charge is 0.416 e. The Morgan fingerprint density at radius 2 is 1.67 bits per heavy atom. The van der Waals surface area contributed by atoms with E-state index in [4.69, 9.17) is 0 Å². The topological polar surface area (TPSA) is 53.4 Å².